The van der Waals surface area contributed by atoms with E-state index in [4.69, 9.17) is 11.6 Å². The van der Waals surface area contributed by atoms with E-state index in [1.807, 2.05) is 19.0 Å². The lowest BCUT2D eigenvalue weighted by Gasteiger charge is -2.05. The summed E-state index contributed by atoms with van der Waals surface area (Å²) in [6.45, 7) is 1.47. The van der Waals surface area contributed by atoms with Crippen LogP contribution in [0.4, 0.5) is 4.39 Å². The smallest absolute Gasteiger partial charge is 0.133 e. The maximum atomic E-state index is 13.3. The second-order valence-electron chi connectivity index (χ2n) is 3.47. The summed E-state index contributed by atoms with van der Waals surface area (Å²) in [6, 6.07) is 4.60. The number of nitrogens with zero attached hydrogens (tertiary/aromatic N) is 2. The summed E-state index contributed by atoms with van der Waals surface area (Å²) >= 11 is 5.83. The molecule has 0 aromatic heterocycles. The zero-order valence-electron chi connectivity index (χ0n) is 8.87. The van der Waals surface area contributed by atoms with Crippen LogP contribution in [-0.4, -0.2) is 38.3 Å². The highest BCUT2D eigenvalue weighted by molar-refractivity contribution is 6.33. The van der Waals surface area contributed by atoms with E-state index in [1.54, 1.807) is 12.1 Å². The van der Waals surface area contributed by atoms with Crippen LogP contribution in [0, 0.1) is 5.82 Å². The van der Waals surface area contributed by atoms with Gasteiger partial charge >= 0.3 is 0 Å². The number of likely N-dealkylation sites (N-methyl/N-ethyl adjacent to an activating group) is 1. The van der Waals surface area contributed by atoms with Crippen LogP contribution in [0.25, 0.3) is 0 Å². The topological polar surface area (TPSA) is 15.6 Å². The number of halogens is 2. The van der Waals surface area contributed by atoms with Crippen LogP contribution in [0.3, 0.4) is 0 Å². The van der Waals surface area contributed by atoms with E-state index in [0.29, 0.717) is 17.1 Å². The monoisotopic (exact) mass is 228 g/mol. The van der Waals surface area contributed by atoms with Crippen molar-refractivity contribution in [3.63, 3.8) is 0 Å². The van der Waals surface area contributed by atoms with Crippen molar-refractivity contribution in [2.45, 2.75) is 0 Å². The Labute approximate surface area is 94.4 Å². The van der Waals surface area contributed by atoms with Gasteiger partial charge in [0.1, 0.15) is 5.82 Å². The van der Waals surface area contributed by atoms with Gasteiger partial charge in [-0.1, -0.05) is 17.7 Å². The molecule has 4 heteroatoms. The van der Waals surface area contributed by atoms with Gasteiger partial charge in [-0.3, -0.25) is 4.99 Å². The van der Waals surface area contributed by atoms with Crippen molar-refractivity contribution in [3.8, 4) is 0 Å². The van der Waals surface area contributed by atoms with Gasteiger partial charge in [-0.2, -0.15) is 0 Å². The van der Waals surface area contributed by atoms with Crippen molar-refractivity contribution >= 4 is 17.8 Å². The quantitative estimate of drug-likeness (QED) is 0.723. The normalized spacial score (nSPS) is 11.5. The van der Waals surface area contributed by atoms with Crippen molar-refractivity contribution < 1.29 is 4.39 Å². The van der Waals surface area contributed by atoms with Gasteiger partial charge < -0.3 is 4.90 Å². The van der Waals surface area contributed by atoms with E-state index in [1.165, 1.54) is 12.3 Å². The molecule has 0 spiro atoms. The SMILES string of the molecule is CN(C)CCN=Cc1c(F)cccc1Cl. The molecule has 0 unspecified atom stereocenters. The van der Waals surface area contributed by atoms with Gasteiger partial charge in [0, 0.05) is 18.3 Å². The Balaban J connectivity index is 2.64. The fourth-order valence-corrected chi connectivity index (χ4v) is 1.26. The third kappa shape index (κ3) is 3.98. The fraction of sp³-hybridized carbons (Fsp3) is 0.364. The first kappa shape index (κ1) is 12.1. The Hall–Kier alpha value is -0.930. The molecule has 0 amide bonds. The highest BCUT2D eigenvalue weighted by atomic mass is 35.5. The zero-order valence-corrected chi connectivity index (χ0v) is 9.63. The molecule has 1 aromatic rings. The maximum Gasteiger partial charge on any atom is 0.133 e. The molecule has 0 bridgehead atoms. The van der Waals surface area contributed by atoms with E-state index >= 15 is 0 Å². The highest BCUT2D eigenvalue weighted by Gasteiger charge is 2.02. The minimum Gasteiger partial charge on any atom is -0.308 e. The summed E-state index contributed by atoms with van der Waals surface area (Å²) in [5.74, 6) is -0.337. The van der Waals surface area contributed by atoms with Gasteiger partial charge in [0.05, 0.1) is 11.6 Å². The van der Waals surface area contributed by atoms with E-state index in [9.17, 15) is 4.39 Å². The molecule has 1 aromatic carbocycles. The third-order valence-electron chi connectivity index (χ3n) is 1.90. The molecule has 0 saturated heterocycles. The van der Waals surface area contributed by atoms with Crippen LogP contribution in [-0.2, 0) is 0 Å². The number of aliphatic imine (C=N–C) groups is 1. The van der Waals surface area contributed by atoms with E-state index in [0.717, 1.165) is 6.54 Å². The molecule has 82 valence electrons. The second kappa shape index (κ2) is 5.83. The van der Waals surface area contributed by atoms with Crippen molar-refractivity contribution in [2.75, 3.05) is 27.2 Å². The summed E-state index contributed by atoms with van der Waals surface area (Å²) in [6.07, 6.45) is 1.49. The molecule has 0 radical (unpaired) electrons. The Morgan fingerprint density at radius 2 is 2.20 bits per heavy atom. The summed E-state index contributed by atoms with van der Waals surface area (Å²) in [5, 5.41) is 0.392. The molecular weight excluding hydrogens is 215 g/mol. The largest absolute Gasteiger partial charge is 0.308 e. The standard InChI is InChI=1S/C11H14ClFN2/c1-15(2)7-6-14-8-9-10(12)4-3-5-11(9)13/h3-5,8H,6-7H2,1-2H3. The molecule has 0 N–H and O–H groups in total. The maximum absolute atomic E-state index is 13.3. The van der Waals surface area contributed by atoms with Crippen molar-refractivity contribution in [3.05, 3.63) is 34.6 Å². The summed E-state index contributed by atoms with van der Waals surface area (Å²) in [4.78, 5) is 6.13. The lowest BCUT2D eigenvalue weighted by Crippen LogP contribution is -2.15. The summed E-state index contributed by atoms with van der Waals surface area (Å²) in [5.41, 5.74) is 0.359. The number of hydrogen-bond acceptors (Lipinski definition) is 2. The predicted octanol–water partition coefficient (Wildman–Crippen LogP) is 2.46. The molecule has 2 nitrogen and oxygen atoms in total. The Morgan fingerprint density at radius 3 is 2.80 bits per heavy atom. The van der Waals surface area contributed by atoms with E-state index < -0.39 is 0 Å². The predicted molar refractivity (Wildman–Crippen MR) is 62.4 cm³/mol. The molecule has 0 aliphatic heterocycles. The molecule has 0 heterocycles. The Kier molecular flexibility index (Phi) is 4.72. The Morgan fingerprint density at radius 1 is 1.47 bits per heavy atom. The minimum absolute atomic E-state index is 0.337. The van der Waals surface area contributed by atoms with Crippen molar-refractivity contribution in [1.82, 2.24) is 4.90 Å². The highest BCUT2D eigenvalue weighted by Crippen LogP contribution is 2.16. The number of rotatable bonds is 4. The average Bonchev–Trinajstić information content (AvgIpc) is 2.15. The van der Waals surface area contributed by atoms with E-state index in [2.05, 4.69) is 4.99 Å². The van der Waals surface area contributed by atoms with Gasteiger partial charge in [-0.05, 0) is 26.2 Å². The first-order chi connectivity index (χ1) is 7.11. The Bertz CT molecular complexity index is 330. The third-order valence-corrected chi connectivity index (χ3v) is 2.23. The minimum atomic E-state index is -0.337. The van der Waals surface area contributed by atoms with Gasteiger partial charge in [-0.15, -0.1) is 0 Å². The van der Waals surface area contributed by atoms with Gasteiger partial charge in [0.15, 0.2) is 0 Å². The molecule has 1 rings (SSSR count). The fourth-order valence-electron chi connectivity index (χ4n) is 1.05. The molecular formula is C11H14ClFN2. The molecule has 0 aliphatic carbocycles. The van der Waals surface area contributed by atoms with Crippen LogP contribution in [0.5, 0.6) is 0 Å². The van der Waals surface area contributed by atoms with Crippen LogP contribution in [0.1, 0.15) is 5.56 Å². The molecule has 0 aliphatic rings. The first-order valence-electron chi connectivity index (χ1n) is 4.70. The van der Waals surface area contributed by atoms with Crippen LogP contribution >= 0.6 is 11.6 Å². The zero-order chi connectivity index (χ0) is 11.3. The van der Waals surface area contributed by atoms with Crippen LogP contribution in [0.2, 0.25) is 5.02 Å². The van der Waals surface area contributed by atoms with Gasteiger partial charge in [-0.25, -0.2) is 4.39 Å². The lowest BCUT2D eigenvalue weighted by atomic mass is 10.2. The molecule has 0 atom stereocenters. The molecule has 15 heavy (non-hydrogen) atoms. The molecule has 0 fully saturated rings. The van der Waals surface area contributed by atoms with Crippen molar-refractivity contribution in [1.29, 1.82) is 0 Å². The van der Waals surface area contributed by atoms with Crippen LogP contribution < -0.4 is 0 Å². The summed E-state index contributed by atoms with van der Waals surface area (Å²) in [7, 11) is 3.93. The first-order valence-corrected chi connectivity index (χ1v) is 5.07. The van der Waals surface area contributed by atoms with Crippen LogP contribution in [0.15, 0.2) is 23.2 Å². The van der Waals surface area contributed by atoms with Crippen molar-refractivity contribution in [2.24, 2.45) is 4.99 Å². The molecule has 0 saturated carbocycles. The second-order valence-corrected chi connectivity index (χ2v) is 3.88. The number of hydrogen-bond donors (Lipinski definition) is 0. The lowest BCUT2D eigenvalue weighted by molar-refractivity contribution is 0.421. The number of benzene rings is 1. The van der Waals surface area contributed by atoms with E-state index in [-0.39, 0.29) is 5.82 Å². The average molecular weight is 229 g/mol. The van der Waals surface area contributed by atoms with Gasteiger partial charge in [0.2, 0.25) is 0 Å². The van der Waals surface area contributed by atoms with Gasteiger partial charge in [0.25, 0.3) is 0 Å². The summed E-state index contributed by atoms with van der Waals surface area (Å²) < 4.78 is 13.3.